The number of esters is 1. The Hall–Kier alpha value is -4.93. The fourth-order valence-corrected chi connectivity index (χ4v) is 4.11. The van der Waals surface area contributed by atoms with E-state index < -0.39 is 36.1 Å². The van der Waals surface area contributed by atoms with Crippen LogP contribution in [-0.4, -0.2) is 52.6 Å². The lowest BCUT2D eigenvalue weighted by Gasteiger charge is -2.18. The second-order valence-electron chi connectivity index (χ2n) is 8.49. The number of hydrogen-bond donors (Lipinski definition) is 3. The highest BCUT2D eigenvalue weighted by molar-refractivity contribution is 6.01. The van der Waals surface area contributed by atoms with E-state index in [1.807, 2.05) is 6.07 Å². The largest absolute Gasteiger partial charge is 0.497 e. The van der Waals surface area contributed by atoms with Crippen molar-refractivity contribution in [3.63, 3.8) is 0 Å². The smallest absolute Gasteiger partial charge is 0.325 e. The molecule has 0 fully saturated rings. The van der Waals surface area contributed by atoms with Crippen LogP contribution in [0.5, 0.6) is 5.75 Å². The summed E-state index contributed by atoms with van der Waals surface area (Å²) >= 11 is 0. The average Bonchev–Trinajstić information content (AvgIpc) is 3.30. The van der Waals surface area contributed by atoms with E-state index in [2.05, 4.69) is 10.6 Å². The summed E-state index contributed by atoms with van der Waals surface area (Å²) in [5, 5.41) is 15.2. The molecule has 0 aliphatic heterocycles. The van der Waals surface area contributed by atoms with Gasteiger partial charge in [-0.15, -0.1) is 0 Å². The molecule has 4 aromatic rings. The fourth-order valence-electron chi connectivity index (χ4n) is 4.11. The average molecular weight is 535 g/mol. The molecule has 2 aromatic carbocycles. The Morgan fingerprint density at radius 1 is 1.10 bits per heavy atom. The predicted molar refractivity (Wildman–Crippen MR) is 141 cm³/mol. The number of anilines is 1. The Balaban J connectivity index is 1.76. The van der Waals surface area contributed by atoms with Crippen LogP contribution in [0.4, 0.5) is 10.2 Å². The zero-order chi connectivity index (χ0) is 27.9. The van der Waals surface area contributed by atoms with Crippen molar-refractivity contribution in [2.75, 3.05) is 25.6 Å². The predicted octanol–water partition coefficient (Wildman–Crippen LogP) is 4.07. The number of carboxylic acids is 1. The van der Waals surface area contributed by atoms with E-state index in [1.54, 1.807) is 55.0 Å². The number of nitrogens with one attached hydrogen (secondary N) is 2. The van der Waals surface area contributed by atoms with Crippen LogP contribution in [-0.2, 0) is 14.3 Å². The maximum Gasteiger partial charge on any atom is 0.325 e. The van der Waals surface area contributed by atoms with Gasteiger partial charge in [0.15, 0.2) is 5.65 Å². The van der Waals surface area contributed by atoms with Crippen molar-refractivity contribution < 1.29 is 33.4 Å². The molecule has 3 N–H and O–H groups in total. The minimum atomic E-state index is -1.13. The summed E-state index contributed by atoms with van der Waals surface area (Å²) < 4.78 is 25.4. The van der Waals surface area contributed by atoms with Crippen molar-refractivity contribution >= 4 is 29.3 Å². The molecular formula is C28H27FN4O6. The first-order chi connectivity index (χ1) is 18.8. The van der Waals surface area contributed by atoms with Crippen molar-refractivity contribution in [2.24, 2.45) is 0 Å². The molecule has 202 valence electrons. The summed E-state index contributed by atoms with van der Waals surface area (Å²) in [4.78, 5) is 41.8. The fraction of sp³-hybridized carbons (Fsp3) is 0.214. The molecule has 11 heteroatoms. The van der Waals surface area contributed by atoms with E-state index >= 15 is 0 Å². The molecule has 39 heavy (non-hydrogen) atoms. The van der Waals surface area contributed by atoms with Crippen LogP contribution in [0, 0.1) is 5.82 Å². The van der Waals surface area contributed by atoms with Crippen molar-refractivity contribution in [1.29, 1.82) is 0 Å². The summed E-state index contributed by atoms with van der Waals surface area (Å²) in [6.07, 6.45) is 1.28. The number of carbonyl (C=O) groups excluding carboxylic acids is 2. The highest BCUT2D eigenvalue weighted by Gasteiger charge is 2.24. The first kappa shape index (κ1) is 27.1. The molecule has 0 aliphatic carbocycles. The summed E-state index contributed by atoms with van der Waals surface area (Å²) in [5.41, 5.74) is 2.01. The normalized spacial score (nSPS) is 11.6. The second-order valence-corrected chi connectivity index (χ2v) is 8.49. The molecule has 1 amide bonds. The summed E-state index contributed by atoms with van der Waals surface area (Å²) in [6, 6.07) is 14.7. The number of carbonyl (C=O) groups is 3. The molecule has 0 spiro atoms. The molecule has 1 unspecified atom stereocenters. The molecule has 2 aromatic heterocycles. The number of aliphatic carboxylic acids is 1. The SMILES string of the molecule is CCOC(=O)CNc1c(-c2cccc(OC)c2)nc2c(C(=O)NC(CC(=O)O)c3ccc(F)cc3)cccn12. The number of nitrogens with zero attached hydrogens (tertiary/aromatic N) is 2. The Morgan fingerprint density at radius 3 is 2.56 bits per heavy atom. The number of ether oxygens (including phenoxy) is 2. The summed E-state index contributed by atoms with van der Waals surface area (Å²) in [7, 11) is 1.54. The molecule has 4 rings (SSSR count). The molecule has 0 aliphatic rings. The summed E-state index contributed by atoms with van der Waals surface area (Å²) in [6.45, 7) is 1.80. The number of rotatable bonds is 11. The third-order valence-corrected chi connectivity index (χ3v) is 5.90. The van der Waals surface area contributed by atoms with Crippen molar-refractivity contribution in [1.82, 2.24) is 14.7 Å². The molecular weight excluding hydrogens is 507 g/mol. The van der Waals surface area contributed by atoms with Crippen LogP contribution >= 0.6 is 0 Å². The van der Waals surface area contributed by atoms with E-state index in [0.717, 1.165) is 0 Å². The molecule has 2 heterocycles. The number of amides is 1. The maximum atomic E-state index is 13.5. The van der Waals surface area contributed by atoms with E-state index in [-0.39, 0.29) is 24.4 Å². The zero-order valence-corrected chi connectivity index (χ0v) is 21.3. The zero-order valence-electron chi connectivity index (χ0n) is 21.3. The van der Waals surface area contributed by atoms with Gasteiger partial charge in [-0.05, 0) is 48.9 Å². The third kappa shape index (κ3) is 6.32. The van der Waals surface area contributed by atoms with Crippen molar-refractivity contribution in [3.8, 4) is 17.0 Å². The number of pyridine rings is 1. The minimum absolute atomic E-state index is 0.139. The number of hydrogen-bond acceptors (Lipinski definition) is 7. The van der Waals surface area contributed by atoms with Gasteiger partial charge in [-0.25, -0.2) is 9.37 Å². The topological polar surface area (TPSA) is 131 Å². The Kier molecular flexibility index (Phi) is 8.40. The highest BCUT2D eigenvalue weighted by atomic mass is 19.1. The summed E-state index contributed by atoms with van der Waals surface area (Å²) in [5.74, 6) is -1.61. The molecule has 0 saturated heterocycles. The monoisotopic (exact) mass is 534 g/mol. The maximum absolute atomic E-state index is 13.5. The van der Waals surface area contributed by atoms with E-state index in [1.165, 1.54) is 24.3 Å². The molecule has 10 nitrogen and oxygen atoms in total. The minimum Gasteiger partial charge on any atom is -0.497 e. The number of fused-ring (bicyclic) bond motifs is 1. The van der Waals surface area contributed by atoms with Crippen molar-refractivity contribution in [2.45, 2.75) is 19.4 Å². The lowest BCUT2D eigenvalue weighted by molar-refractivity contribution is -0.141. The standard InChI is InChI=1S/C28H27FN4O6/c1-3-39-24(36)16-30-27-25(18-6-4-7-20(14-18)38-2)32-26-21(8-5-13-33(26)27)28(37)31-22(15-23(34)35)17-9-11-19(29)12-10-17/h4-14,22,30H,3,15-16H2,1-2H3,(H,31,37)(H,34,35). The van der Waals surface area contributed by atoms with E-state index in [4.69, 9.17) is 14.5 Å². The number of imidazole rings is 1. The Labute approximate surface area is 223 Å². The van der Waals surface area contributed by atoms with Crippen LogP contribution in [0.15, 0.2) is 66.9 Å². The second kappa shape index (κ2) is 12.1. The number of aromatic nitrogens is 2. The van der Waals surface area contributed by atoms with Gasteiger partial charge in [0.05, 0.1) is 31.7 Å². The third-order valence-electron chi connectivity index (χ3n) is 5.90. The quantitative estimate of drug-likeness (QED) is 0.246. The Bertz CT molecular complexity index is 1500. The van der Waals surface area contributed by atoms with Gasteiger partial charge in [0.1, 0.15) is 29.6 Å². The van der Waals surface area contributed by atoms with Gasteiger partial charge in [-0.3, -0.25) is 18.8 Å². The Morgan fingerprint density at radius 2 is 1.87 bits per heavy atom. The van der Waals surface area contributed by atoms with E-state index in [0.29, 0.717) is 28.4 Å². The van der Waals surface area contributed by atoms with Crippen LogP contribution < -0.4 is 15.4 Å². The van der Waals surface area contributed by atoms with Gasteiger partial charge < -0.3 is 25.2 Å². The number of halogens is 1. The number of methoxy groups -OCH3 is 1. The highest BCUT2D eigenvalue weighted by Crippen LogP contribution is 2.32. The lowest BCUT2D eigenvalue weighted by Crippen LogP contribution is -2.30. The van der Waals surface area contributed by atoms with Crippen LogP contribution in [0.3, 0.4) is 0 Å². The molecule has 0 radical (unpaired) electrons. The van der Waals surface area contributed by atoms with Gasteiger partial charge in [-0.2, -0.15) is 0 Å². The van der Waals surface area contributed by atoms with Crippen LogP contribution in [0.2, 0.25) is 0 Å². The van der Waals surface area contributed by atoms with Gasteiger partial charge in [0.25, 0.3) is 5.91 Å². The van der Waals surface area contributed by atoms with Crippen LogP contribution in [0.1, 0.15) is 35.3 Å². The molecule has 1 atom stereocenters. The first-order valence-corrected chi connectivity index (χ1v) is 12.1. The first-order valence-electron chi connectivity index (χ1n) is 12.1. The molecule has 0 bridgehead atoms. The number of benzene rings is 2. The van der Waals surface area contributed by atoms with Crippen molar-refractivity contribution in [3.05, 3.63) is 83.8 Å². The van der Waals surface area contributed by atoms with Gasteiger partial charge >= 0.3 is 11.9 Å². The van der Waals surface area contributed by atoms with Crippen LogP contribution in [0.25, 0.3) is 16.9 Å². The van der Waals surface area contributed by atoms with E-state index in [9.17, 15) is 23.9 Å². The van der Waals surface area contributed by atoms with Gasteiger partial charge in [-0.1, -0.05) is 24.3 Å². The lowest BCUT2D eigenvalue weighted by atomic mass is 10.0. The number of carboxylic acid groups (broad SMARTS) is 1. The van der Waals surface area contributed by atoms with Gasteiger partial charge in [0, 0.05) is 11.8 Å². The molecule has 0 saturated carbocycles. The van der Waals surface area contributed by atoms with Gasteiger partial charge in [0.2, 0.25) is 0 Å².